The zero-order valence-electron chi connectivity index (χ0n) is 9.43. The van der Waals surface area contributed by atoms with Crippen LogP contribution in [0.15, 0.2) is 24.3 Å². The minimum atomic E-state index is -0.397. The highest BCUT2D eigenvalue weighted by Gasteiger charge is 2.30. The summed E-state index contributed by atoms with van der Waals surface area (Å²) in [5, 5.41) is 0. The lowest BCUT2D eigenvalue weighted by atomic mass is 10.2. The summed E-state index contributed by atoms with van der Waals surface area (Å²) in [5.74, 6) is -0.303. The SMILES string of the molecule is NCCC1CN(Cc2ccccc2F)C(=O)O1. The predicted octanol–water partition coefficient (Wildman–Crippen LogP) is 1.50. The molecular weight excluding hydrogens is 223 g/mol. The second kappa shape index (κ2) is 5.14. The number of cyclic esters (lactones) is 1. The minimum absolute atomic E-state index is 0.167. The van der Waals surface area contributed by atoms with E-state index in [0.29, 0.717) is 25.1 Å². The molecule has 1 saturated heterocycles. The monoisotopic (exact) mass is 238 g/mol. The standard InChI is InChI=1S/C12H15FN2O2/c13-11-4-2-1-3-9(11)7-15-8-10(5-6-14)17-12(15)16/h1-4,10H,5-8,14H2. The maximum atomic E-state index is 13.4. The van der Waals surface area contributed by atoms with Crippen LogP contribution in [0.5, 0.6) is 0 Å². The van der Waals surface area contributed by atoms with Crippen LogP contribution in [0.2, 0.25) is 0 Å². The fraction of sp³-hybridized carbons (Fsp3) is 0.417. The van der Waals surface area contributed by atoms with E-state index in [2.05, 4.69) is 0 Å². The number of ether oxygens (including phenoxy) is 1. The molecule has 1 aromatic carbocycles. The third-order valence-electron chi connectivity index (χ3n) is 2.76. The number of carbonyl (C=O) groups excluding carboxylic acids is 1. The maximum absolute atomic E-state index is 13.4. The molecule has 5 heteroatoms. The number of benzene rings is 1. The van der Waals surface area contributed by atoms with E-state index in [1.54, 1.807) is 18.2 Å². The number of nitrogens with zero attached hydrogens (tertiary/aromatic N) is 1. The van der Waals surface area contributed by atoms with E-state index in [1.165, 1.54) is 11.0 Å². The number of rotatable bonds is 4. The van der Waals surface area contributed by atoms with Gasteiger partial charge in [0.1, 0.15) is 11.9 Å². The zero-order valence-corrected chi connectivity index (χ0v) is 9.43. The molecule has 1 aliphatic rings. The first-order valence-corrected chi connectivity index (χ1v) is 5.59. The number of carbonyl (C=O) groups is 1. The summed E-state index contributed by atoms with van der Waals surface area (Å²) >= 11 is 0. The highest BCUT2D eigenvalue weighted by Crippen LogP contribution is 2.18. The highest BCUT2D eigenvalue weighted by atomic mass is 19.1. The summed E-state index contributed by atoms with van der Waals surface area (Å²) in [6.07, 6.45) is 0.0745. The Balaban J connectivity index is 2.00. The van der Waals surface area contributed by atoms with Crippen molar-refractivity contribution in [3.63, 3.8) is 0 Å². The van der Waals surface area contributed by atoms with Gasteiger partial charge in [-0.05, 0) is 19.0 Å². The molecule has 4 nitrogen and oxygen atoms in total. The molecule has 17 heavy (non-hydrogen) atoms. The van der Waals surface area contributed by atoms with E-state index in [4.69, 9.17) is 10.5 Å². The van der Waals surface area contributed by atoms with Crippen LogP contribution in [0.25, 0.3) is 0 Å². The topological polar surface area (TPSA) is 55.6 Å². The van der Waals surface area contributed by atoms with E-state index in [-0.39, 0.29) is 18.5 Å². The molecule has 0 spiro atoms. The van der Waals surface area contributed by atoms with Crippen LogP contribution in [0.4, 0.5) is 9.18 Å². The molecule has 92 valence electrons. The van der Waals surface area contributed by atoms with Gasteiger partial charge in [-0.1, -0.05) is 18.2 Å². The van der Waals surface area contributed by atoms with E-state index in [9.17, 15) is 9.18 Å². The summed E-state index contributed by atoms with van der Waals surface area (Å²) in [5.41, 5.74) is 5.90. The van der Waals surface area contributed by atoms with Gasteiger partial charge in [-0.2, -0.15) is 0 Å². The summed E-state index contributed by atoms with van der Waals surface area (Å²) in [6.45, 7) is 1.20. The first-order chi connectivity index (χ1) is 8.20. The number of halogens is 1. The van der Waals surface area contributed by atoms with Gasteiger partial charge >= 0.3 is 6.09 Å². The summed E-state index contributed by atoms with van der Waals surface area (Å²) in [6, 6.07) is 6.42. The van der Waals surface area contributed by atoms with Crippen molar-refractivity contribution in [3.05, 3.63) is 35.6 Å². The quantitative estimate of drug-likeness (QED) is 0.864. The molecule has 1 heterocycles. The van der Waals surface area contributed by atoms with Crippen molar-refractivity contribution in [1.82, 2.24) is 4.90 Å². The van der Waals surface area contributed by atoms with Crippen molar-refractivity contribution in [3.8, 4) is 0 Å². The van der Waals surface area contributed by atoms with Gasteiger partial charge < -0.3 is 15.4 Å². The molecule has 1 amide bonds. The van der Waals surface area contributed by atoms with Crippen LogP contribution < -0.4 is 5.73 Å². The lowest BCUT2D eigenvalue weighted by Gasteiger charge is -2.13. The van der Waals surface area contributed by atoms with Gasteiger partial charge in [-0.3, -0.25) is 0 Å². The number of hydrogen-bond donors (Lipinski definition) is 1. The van der Waals surface area contributed by atoms with Crippen LogP contribution in [0.3, 0.4) is 0 Å². The van der Waals surface area contributed by atoms with Gasteiger partial charge in [0, 0.05) is 5.56 Å². The Hall–Kier alpha value is -1.62. The fourth-order valence-electron chi connectivity index (χ4n) is 1.87. The third kappa shape index (κ3) is 2.74. The molecule has 0 bridgehead atoms. The predicted molar refractivity (Wildman–Crippen MR) is 60.8 cm³/mol. The number of hydrogen-bond acceptors (Lipinski definition) is 3. The van der Waals surface area contributed by atoms with Crippen molar-refractivity contribution in [2.45, 2.75) is 19.1 Å². The first kappa shape index (κ1) is 11.9. The second-order valence-corrected chi connectivity index (χ2v) is 4.06. The Bertz CT molecular complexity index is 411. The van der Waals surface area contributed by atoms with E-state index < -0.39 is 6.09 Å². The van der Waals surface area contributed by atoms with Gasteiger partial charge in [0.2, 0.25) is 0 Å². The van der Waals surface area contributed by atoms with Crippen LogP contribution >= 0.6 is 0 Å². The Labute approximate surface area is 99.2 Å². The van der Waals surface area contributed by atoms with Gasteiger partial charge in [-0.25, -0.2) is 9.18 Å². The molecule has 0 radical (unpaired) electrons. The van der Waals surface area contributed by atoms with E-state index in [0.717, 1.165) is 0 Å². The zero-order chi connectivity index (χ0) is 12.3. The Kier molecular flexibility index (Phi) is 3.58. The van der Waals surface area contributed by atoms with Gasteiger partial charge in [0.15, 0.2) is 0 Å². The number of nitrogens with two attached hydrogens (primary N) is 1. The largest absolute Gasteiger partial charge is 0.444 e. The van der Waals surface area contributed by atoms with Crippen molar-refractivity contribution in [2.24, 2.45) is 5.73 Å². The molecule has 1 atom stereocenters. The summed E-state index contributed by atoms with van der Waals surface area (Å²) in [4.78, 5) is 13.0. The summed E-state index contributed by atoms with van der Waals surface area (Å²) in [7, 11) is 0. The van der Waals surface area contributed by atoms with Crippen molar-refractivity contribution in [2.75, 3.05) is 13.1 Å². The van der Waals surface area contributed by atoms with Crippen LogP contribution in [0, 0.1) is 5.82 Å². The lowest BCUT2D eigenvalue weighted by Crippen LogP contribution is -2.25. The van der Waals surface area contributed by atoms with Gasteiger partial charge in [-0.15, -0.1) is 0 Å². The van der Waals surface area contributed by atoms with Crippen molar-refractivity contribution >= 4 is 6.09 Å². The van der Waals surface area contributed by atoms with Crippen molar-refractivity contribution < 1.29 is 13.9 Å². The van der Waals surface area contributed by atoms with Crippen LogP contribution in [-0.4, -0.2) is 30.2 Å². The van der Waals surface area contributed by atoms with Gasteiger partial charge in [0.25, 0.3) is 0 Å². The fourth-order valence-corrected chi connectivity index (χ4v) is 1.87. The third-order valence-corrected chi connectivity index (χ3v) is 2.76. The van der Waals surface area contributed by atoms with E-state index in [1.807, 2.05) is 0 Å². The molecule has 0 aliphatic carbocycles. The Morgan fingerprint density at radius 3 is 2.94 bits per heavy atom. The number of amides is 1. The van der Waals surface area contributed by atoms with E-state index >= 15 is 0 Å². The molecule has 1 unspecified atom stereocenters. The molecule has 0 saturated carbocycles. The van der Waals surface area contributed by atoms with Crippen LogP contribution in [-0.2, 0) is 11.3 Å². The second-order valence-electron chi connectivity index (χ2n) is 4.06. The van der Waals surface area contributed by atoms with Crippen molar-refractivity contribution in [1.29, 1.82) is 0 Å². The Morgan fingerprint density at radius 2 is 2.24 bits per heavy atom. The highest BCUT2D eigenvalue weighted by molar-refractivity contribution is 5.69. The maximum Gasteiger partial charge on any atom is 0.410 e. The lowest BCUT2D eigenvalue weighted by molar-refractivity contribution is 0.129. The van der Waals surface area contributed by atoms with Crippen LogP contribution in [0.1, 0.15) is 12.0 Å². The van der Waals surface area contributed by atoms with Gasteiger partial charge in [0.05, 0.1) is 13.1 Å². The Morgan fingerprint density at radius 1 is 1.47 bits per heavy atom. The first-order valence-electron chi connectivity index (χ1n) is 5.59. The molecule has 2 N–H and O–H groups in total. The molecule has 1 aliphatic heterocycles. The molecule has 1 fully saturated rings. The molecular formula is C12H15FN2O2. The molecule has 2 rings (SSSR count). The average molecular weight is 238 g/mol. The smallest absolute Gasteiger partial charge is 0.410 e. The molecule has 0 aromatic heterocycles. The summed E-state index contributed by atoms with van der Waals surface area (Å²) < 4.78 is 18.5. The molecule has 1 aromatic rings. The average Bonchev–Trinajstić information content (AvgIpc) is 2.63. The minimum Gasteiger partial charge on any atom is -0.444 e. The normalized spacial score (nSPS) is 19.5.